The Morgan fingerprint density at radius 3 is 2.75 bits per heavy atom. The van der Waals surface area contributed by atoms with Gasteiger partial charge >= 0.3 is 0 Å². The van der Waals surface area contributed by atoms with E-state index in [2.05, 4.69) is 17.0 Å². The van der Waals surface area contributed by atoms with Crippen LogP contribution in [0, 0.1) is 5.92 Å². The molecule has 4 rings (SSSR count). The molecule has 5 heteroatoms. The summed E-state index contributed by atoms with van der Waals surface area (Å²) < 4.78 is 1.04. The van der Waals surface area contributed by atoms with Crippen LogP contribution in [-0.4, -0.2) is 23.2 Å². The number of hydrogen-bond donors (Lipinski definition) is 1. The number of phenolic OH excluding ortho intramolecular Hbond substituents is 1. The molecule has 0 unspecified atom stereocenters. The van der Waals surface area contributed by atoms with Crippen molar-refractivity contribution in [3.63, 3.8) is 0 Å². The molecule has 0 spiro atoms. The molecule has 1 aromatic heterocycles. The highest BCUT2D eigenvalue weighted by atomic mass is 35.5. The van der Waals surface area contributed by atoms with Gasteiger partial charge < -0.3 is 10.0 Å². The van der Waals surface area contributed by atoms with Crippen molar-refractivity contribution in [2.75, 3.05) is 18.0 Å². The minimum atomic E-state index is 0.302. The molecule has 1 aliphatic heterocycles. The summed E-state index contributed by atoms with van der Waals surface area (Å²) in [6.45, 7) is 2.06. The summed E-state index contributed by atoms with van der Waals surface area (Å²) in [5.74, 6) is 0.982. The van der Waals surface area contributed by atoms with E-state index in [9.17, 15) is 5.11 Å². The first-order chi connectivity index (χ1) is 11.7. The van der Waals surface area contributed by atoms with Gasteiger partial charge in [0, 0.05) is 18.1 Å². The topological polar surface area (TPSA) is 36.4 Å². The van der Waals surface area contributed by atoms with E-state index in [0.717, 1.165) is 52.7 Å². The molecule has 0 amide bonds. The van der Waals surface area contributed by atoms with Gasteiger partial charge in [-0.3, -0.25) is 0 Å². The maximum Gasteiger partial charge on any atom is 0.186 e. The van der Waals surface area contributed by atoms with Crippen molar-refractivity contribution >= 4 is 38.3 Å². The van der Waals surface area contributed by atoms with E-state index in [0.29, 0.717) is 11.7 Å². The SMILES string of the molecule is Oc1ccc2nc(N3CCC(Cc4ccccc4Cl)CC3)sc2c1. The van der Waals surface area contributed by atoms with Crippen LogP contribution in [0.1, 0.15) is 18.4 Å². The van der Waals surface area contributed by atoms with E-state index in [4.69, 9.17) is 16.6 Å². The predicted octanol–water partition coefficient (Wildman–Crippen LogP) is 5.11. The molecular weight excluding hydrogens is 340 g/mol. The van der Waals surface area contributed by atoms with Crippen LogP contribution < -0.4 is 4.90 Å². The second-order valence-corrected chi connectivity index (χ2v) is 7.79. The number of aromatic nitrogens is 1. The van der Waals surface area contributed by atoms with Gasteiger partial charge in [0.25, 0.3) is 0 Å². The van der Waals surface area contributed by atoms with Gasteiger partial charge in [0.2, 0.25) is 0 Å². The number of thiazole rings is 1. The molecule has 0 radical (unpaired) electrons. The largest absolute Gasteiger partial charge is 0.508 e. The molecule has 3 nitrogen and oxygen atoms in total. The van der Waals surface area contributed by atoms with Crippen molar-refractivity contribution in [3.05, 3.63) is 53.1 Å². The fourth-order valence-electron chi connectivity index (χ4n) is 3.34. The van der Waals surface area contributed by atoms with Gasteiger partial charge in [-0.25, -0.2) is 4.98 Å². The van der Waals surface area contributed by atoms with E-state index in [1.165, 1.54) is 5.56 Å². The molecule has 0 aliphatic carbocycles. The zero-order valence-corrected chi connectivity index (χ0v) is 14.9. The van der Waals surface area contributed by atoms with Crippen molar-refractivity contribution in [3.8, 4) is 5.75 Å². The quantitative estimate of drug-likeness (QED) is 0.706. The molecule has 0 atom stereocenters. The summed E-state index contributed by atoms with van der Waals surface area (Å²) in [5, 5.41) is 11.5. The Morgan fingerprint density at radius 2 is 1.96 bits per heavy atom. The van der Waals surface area contributed by atoms with Gasteiger partial charge in [0.05, 0.1) is 10.2 Å². The number of fused-ring (bicyclic) bond motifs is 1. The zero-order chi connectivity index (χ0) is 16.5. The first-order valence-electron chi connectivity index (χ1n) is 8.27. The zero-order valence-electron chi connectivity index (χ0n) is 13.3. The van der Waals surface area contributed by atoms with E-state index in [1.54, 1.807) is 23.5 Å². The molecule has 124 valence electrons. The highest BCUT2D eigenvalue weighted by Gasteiger charge is 2.22. The maximum atomic E-state index is 9.60. The summed E-state index contributed by atoms with van der Waals surface area (Å²) in [5.41, 5.74) is 2.22. The molecule has 0 bridgehead atoms. The van der Waals surface area contributed by atoms with E-state index in [-0.39, 0.29) is 0 Å². The Bertz CT molecular complexity index is 855. The summed E-state index contributed by atoms with van der Waals surface area (Å²) in [6, 6.07) is 13.5. The number of hydrogen-bond acceptors (Lipinski definition) is 4. The highest BCUT2D eigenvalue weighted by Crippen LogP contribution is 2.34. The number of rotatable bonds is 3. The third kappa shape index (κ3) is 3.21. The van der Waals surface area contributed by atoms with Crippen molar-refractivity contribution in [2.45, 2.75) is 19.3 Å². The van der Waals surface area contributed by atoms with Gasteiger partial charge in [0.1, 0.15) is 5.75 Å². The predicted molar refractivity (Wildman–Crippen MR) is 101 cm³/mol. The lowest BCUT2D eigenvalue weighted by Crippen LogP contribution is -2.34. The lowest BCUT2D eigenvalue weighted by atomic mass is 9.90. The molecule has 2 aromatic carbocycles. The highest BCUT2D eigenvalue weighted by molar-refractivity contribution is 7.22. The number of phenols is 1. The van der Waals surface area contributed by atoms with Crippen molar-refractivity contribution < 1.29 is 5.11 Å². The van der Waals surface area contributed by atoms with Crippen LogP contribution in [0.25, 0.3) is 10.2 Å². The molecule has 1 aliphatic rings. The van der Waals surface area contributed by atoms with Crippen LogP contribution in [0.15, 0.2) is 42.5 Å². The fraction of sp³-hybridized carbons (Fsp3) is 0.316. The normalized spacial score (nSPS) is 16.0. The van der Waals surface area contributed by atoms with Crippen LogP contribution in [-0.2, 0) is 6.42 Å². The van der Waals surface area contributed by atoms with Gasteiger partial charge in [-0.2, -0.15) is 0 Å². The minimum Gasteiger partial charge on any atom is -0.508 e. The monoisotopic (exact) mass is 358 g/mol. The van der Waals surface area contributed by atoms with E-state index in [1.807, 2.05) is 18.2 Å². The maximum absolute atomic E-state index is 9.60. The van der Waals surface area contributed by atoms with Crippen LogP contribution >= 0.6 is 22.9 Å². The number of halogens is 1. The first-order valence-corrected chi connectivity index (χ1v) is 9.46. The Hall–Kier alpha value is -1.78. The van der Waals surface area contributed by atoms with Crippen LogP contribution in [0.2, 0.25) is 5.02 Å². The number of nitrogens with zero attached hydrogens (tertiary/aromatic N) is 2. The Labute approximate surface area is 150 Å². The summed E-state index contributed by atoms with van der Waals surface area (Å²) in [6.07, 6.45) is 3.38. The second kappa shape index (κ2) is 6.61. The summed E-state index contributed by atoms with van der Waals surface area (Å²) in [4.78, 5) is 7.08. The van der Waals surface area contributed by atoms with Crippen LogP contribution in [0.3, 0.4) is 0 Å². The Balaban J connectivity index is 1.42. The molecule has 1 fully saturated rings. The third-order valence-electron chi connectivity index (χ3n) is 4.71. The average molecular weight is 359 g/mol. The first kappa shape index (κ1) is 15.7. The molecule has 1 saturated heterocycles. The molecule has 2 heterocycles. The molecule has 3 aromatic rings. The van der Waals surface area contributed by atoms with Gasteiger partial charge in [0.15, 0.2) is 5.13 Å². The lowest BCUT2D eigenvalue weighted by molar-refractivity contribution is 0.403. The minimum absolute atomic E-state index is 0.302. The smallest absolute Gasteiger partial charge is 0.186 e. The van der Waals surface area contributed by atoms with Crippen molar-refractivity contribution in [2.24, 2.45) is 5.92 Å². The second-order valence-electron chi connectivity index (χ2n) is 6.37. The standard InChI is InChI=1S/C19H19ClN2OS/c20-16-4-2-1-3-14(16)11-13-7-9-22(10-8-13)19-21-17-6-5-15(23)12-18(17)24-19/h1-6,12-13,23H,7-11H2. The fourth-order valence-corrected chi connectivity index (χ4v) is 4.60. The Morgan fingerprint density at radius 1 is 1.17 bits per heavy atom. The van der Waals surface area contributed by atoms with Gasteiger partial charge in [-0.05, 0) is 55.0 Å². The van der Waals surface area contributed by atoms with Crippen molar-refractivity contribution in [1.29, 1.82) is 0 Å². The number of benzene rings is 2. The van der Waals surface area contributed by atoms with Gasteiger partial charge in [-0.15, -0.1) is 0 Å². The van der Waals surface area contributed by atoms with Gasteiger partial charge in [-0.1, -0.05) is 41.1 Å². The average Bonchev–Trinajstić information content (AvgIpc) is 3.01. The Kier molecular flexibility index (Phi) is 4.33. The number of piperidine rings is 1. The molecule has 0 saturated carbocycles. The van der Waals surface area contributed by atoms with E-state index >= 15 is 0 Å². The molecule has 1 N–H and O–H groups in total. The summed E-state index contributed by atoms with van der Waals surface area (Å²) >= 11 is 7.95. The lowest BCUT2D eigenvalue weighted by Gasteiger charge is -2.31. The van der Waals surface area contributed by atoms with Crippen LogP contribution in [0.5, 0.6) is 5.75 Å². The summed E-state index contributed by atoms with van der Waals surface area (Å²) in [7, 11) is 0. The molecular formula is C19H19ClN2OS. The van der Waals surface area contributed by atoms with Crippen molar-refractivity contribution in [1.82, 2.24) is 4.98 Å². The number of anilines is 1. The molecule has 24 heavy (non-hydrogen) atoms. The van der Waals surface area contributed by atoms with Crippen LogP contribution in [0.4, 0.5) is 5.13 Å². The third-order valence-corrected chi connectivity index (χ3v) is 6.16. The van der Waals surface area contributed by atoms with E-state index < -0.39 is 0 Å². The number of aromatic hydroxyl groups is 1.